The maximum atomic E-state index is 13.1. The van der Waals surface area contributed by atoms with Gasteiger partial charge in [-0.25, -0.2) is 8.42 Å². The molecule has 0 aromatic heterocycles. The van der Waals surface area contributed by atoms with Crippen molar-refractivity contribution in [3.05, 3.63) is 59.7 Å². The lowest BCUT2D eigenvalue weighted by Crippen LogP contribution is -2.37. The lowest BCUT2D eigenvalue weighted by atomic mass is 10.2. The number of hydrogen-bond acceptors (Lipinski definition) is 5. The minimum absolute atomic E-state index is 0.0548. The van der Waals surface area contributed by atoms with Gasteiger partial charge in [0.05, 0.1) is 16.6 Å². The third-order valence-electron chi connectivity index (χ3n) is 4.77. The van der Waals surface area contributed by atoms with Crippen LogP contribution in [-0.2, 0) is 21.2 Å². The zero-order valence-electron chi connectivity index (χ0n) is 14.4. The van der Waals surface area contributed by atoms with Crippen LogP contribution >= 0.6 is 11.8 Å². The molecular formula is C19H18N2O4S2. The third-order valence-corrected chi connectivity index (χ3v) is 7.59. The second-order valence-corrected chi connectivity index (χ2v) is 9.43. The van der Waals surface area contributed by atoms with Gasteiger partial charge in [-0.3, -0.25) is 13.9 Å². The van der Waals surface area contributed by atoms with E-state index in [1.165, 1.54) is 28.2 Å². The van der Waals surface area contributed by atoms with Gasteiger partial charge in [0.25, 0.3) is 15.9 Å². The number of fused-ring (bicyclic) bond motifs is 1. The Bertz CT molecular complexity index is 1020. The standard InChI is InChI=1S/C19H18N2O4S2/c22-18(20-16-9-11-26-19(16)23)14-5-3-6-15(12-14)27(24,25)21-10-8-13-4-1-2-7-17(13)21/h1-7,12,16H,8-11H2,(H,20,22)/t16-/m1/s1. The van der Waals surface area contributed by atoms with E-state index in [9.17, 15) is 18.0 Å². The lowest BCUT2D eigenvalue weighted by Gasteiger charge is -2.20. The fourth-order valence-electron chi connectivity index (χ4n) is 3.35. The molecule has 0 unspecified atom stereocenters. The van der Waals surface area contributed by atoms with Crippen molar-refractivity contribution in [1.82, 2.24) is 5.32 Å². The molecule has 2 aliphatic heterocycles. The van der Waals surface area contributed by atoms with Crippen molar-refractivity contribution >= 4 is 38.5 Å². The Morgan fingerprint density at radius 1 is 1.15 bits per heavy atom. The van der Waals surface area contributed by atoms with Crippen molar-refractivity contribution in [1.29, 1.82) is 0 Å². The first-order valence-electron chi connectivity index (χ1n) is 8.65. The molecule has 1 atom stereocenters. The van der Waals surface area contributed by atoms with E-state index in [0.29, 0.717) is 30.8 Å². The molecule has 4 rings (SSSR count). The number of anilines is 1. The summed E-state index contributed by atoms with van der Waals surface area (Å²) in [6, 6.07) is 12.9. The smallest absolute Gasteiger partial charge is 0.264 e. The Labute approximate surface area is 162 Å². The molecule has 0 aliphatic carbocycles. The first kappa shape index (κ1) is 18.1. The van der Waals surface area contributed by atoms with Crippen molar-refractivity contribution in [3.8, 4) is 0 Å². The number of nitrogens with one attached hydrogen (secondary N) is 1. The summed E-state index contributed by atoms with van der Waals surface area (Å²) in [4.78, 5) is 24.2. The zero-order chi connectivity index (χ0) is 19.0. The average molecular weight is 402 g/mol. The summed E-state index contributed by atoms with van der Waals surface area (Å²) >= 11 is 1.20. The molecule has 0 radical (unpaired) electrons. The molecule has 27 heavy (non-hydrogen) atoms. The first-order chi connectivity index (χ1) is 13.0. The van der Waals surface area contributed by atoms with Gasteiger partial charge in [-0.15, -0.1) is 0 Å². The van der Waals surface area contributed by atoms with Gasteiger partial charge in [-0.1, -0.05) is 36.0 Å². The van der Waals surface area contributed by atoms with Gasteiger partial charge in [0.2, 0.25) is 5.12 Å². The predicted octanol–water partition coefficient (Wildman–Crippen LogP) is 2.20. The first-order valence-corrected chi connectivity index (χ1v) is 11.1. The highest BCUT2D eigenvalue weighted by Crippen LogP contribution is 2.32. The summed E-state index contributed by atoms with van der Waals surface area (Å²) in [6.07, 6.45) is 1.26. The molecule has 1 fully saturated rings. The topological polar surface area (TPSA) is 83.5 Å². The van der Waals surface area contributed by atoms with Crippen molar-refractivity contribution < 1.29 is 18.0 Å². The molecule has 0 saturated carbocycles. The van der Waals surface area contributed by atoms with Gasteiger partial charge < -0.3 is 5.32 Å². The highest BCUT2D eigenvalue weighted by Gasteiger charge is 2.31. The quantitative estimate of drug-likeness (QED) is 0.848. The number of thioether (sulfide) groups is 1. The van der Waals surface area contributed by atoms with Crippen LogP contribution in [0, 0.1) is 0 Å². The van der Waals surface area contributed by atoms with Crippen LogP contribution in [0.5, 0.6) is 0 Å². The summed E-state index contributed by atoms with van der Waals surface area (Å²) in [5, 5.41) is 2.64. The molecule has 2 heterocycles. The second kappa shape index (κ2) is 7.01. The summed E-state index contributed by atoms with van der Waals surface area (Å²) in [6.45, 7) is 0.381. The third kappa shape index (κ3) is 3.35. The molecular weight excluding hydrogens is 384 g/mol. The van der Waals surface area contributed by atoms with Crippen LogP contribution in [0.15, 0.2) is 53.4 Å². The van der Waals surface area contributed by atoms with Crippen LogP contribution in [0.4, 0.5) is 5.69 Å². The van der Waals surface area contributed by atoms with E-state index >= 15 is 0 Å². The molecule has 0 bridgehead atoms. The van der Waals surface area contributed by atoms with Crippen LogP contribution in [-0.4, -0.2) is 37.8 Å². The number of sulfonamides is 1. The molecule has 8 heteroatoms. The average Bonchev–Trinajstić information content (AvgIpc) is 3.28. The van der Waals surface area contributed by atoms with Crippen molar-refractivity contribution in [3.63, 3.8) is 0 Å². The number of para-hydroxylation sites is 1. The molecule has 1 saturated heterocycles. The van der Waals surface area contributed by atoms with Crippen molar-refractivity contribution in [2.75, 3.05) is 16.6 Å². The Hall–Kier alpha value is -2.32. The van der Waals surface area contributed by atoms with E-state index < -0.39 is 22.0 Å². The van der Waals surface area contributed by atoms with E-state index in [1.54, 1.807) is 18.2 Å². The van der Waals surface area contributed by atoms with Gasteiger partial charge in [0, 0.05) is 17.9 Å². The van der Waals surface area contributed by atoms with Gasteiger partial charge in [0.1, 0.15) is 0 Å². The van der Waals surface area contributed by atoms with E-state index in [1.807, 2.05) is 18.2 Å². The van der Waals surface area contributed by atoms with E-state index in [0.717, 1.165) is 5.56 Å². The summed E-state index contributed by atoms with van der Waals surface area (Å²) in [5.41, 5.74) is 1.90. The largest absolute Gasteiger partial charge is 0.341 e. The maximum absolute atomic E-state index is 13.1. The molecule has 1 N–H and O–H groups in total. The van der Waals surface area contributed by atoms with Crippen LogP contribution < -0.4 is 9.62 Å². The minimum Gasteiger partial charge on any atom is -0.341 e. The SMILES string of the molecule is O=C(N[C@@H]1CCSC1=O)c1cccc(S(=O)(=O)N2CCc3ccccc32)c1. The number of hydrogen-bond donors (Lipinski definition) is 1. The van der Waals surface area contributed by atoms with Crippen LogP contribution in [0.3, 0.4) is 0 Å². The molecule has 2 aromatic carbocycles. The van der Waals surface area contributed by atoms with Crippen LogP contribution in [0.25, 0.3) is 0 Å². The number of amides is 1. The van der Waals surface area contributed by atoms with Crippen LogP contribution in [0.2, 0.25) is 0 Å². The minimum atomic E-state index is -3.76. The number of carbonyl (C=O) groups excluding carboxylic acids is 2. The fraction of sp³-hybridized carbons (Fsp3) is 0.263. The second-order valence-electron chi connectivity index (χ2n) is 6.47. The Balaban J connectivity index is 1.60. The van der Waals surface area contributed by atoms with Crippen molar-refractivity contribution in [2.45, 2.75) is 23.8 Å². The van der Waals surface area contributed by atoms with Gasteiger partial charge in [-0.2, -0.15) is 0 Å². The summed E-state index contributed by atoms with van der Waals surface area (Å²) < 4.78 is 27.6. The lowest BCUT2D eigenvalue weighted by molar-refractivity contribution is -0.112. The number of nitrogens with zero attached hydrogens (tertiary/aromatic N) is 1. The normalized spacial score (nSPS) is 19.2. The predicted molar refractivity (Wildman–Crippen MR) is 104 cm³/mol. The van der Waals surface area contributed by atoms with E-state index in [-0.39, 0.29) is 15.6 Å². The number of benzene rings is 2. The monoisotopic (exact) mass is 402 g/mol. The van der Waals surface area contributed by atoms with Gasteiger partial charge in [0.15, 0.2) is 0 Å². The highest BCUT2D eigenvalue weighted by molar-refractivity contribution is 8.14. The molecule has 2 aliphatic rings. The number of carbonyl (C=O) groups is 2. The van der Waals surface area contributed by atoms with Crippen LogP contribution in [0.1, 0.15) is 22.3 Å². The Morgan fingerprint density at radius 2 is 1.96 bits per heavy atom. The zero-order valence-corrected chi connectivity index (χ0v) is 16.1. The molecule has 140 valence electrons. The molecule has 0 spiro atoms. The highest BCUT2D eigenvalue weighted by atomic mass is 32.2. The molecule has 6 nitrogen and oxygen atoms in total. The van der Waals surface area contributed by atoms with Gasteiger partial charge in [-0.05, 0) is 42.7 Å². The molecule has 1 amide bonds. The molecule has 2 aromatic rings. The number of rotatable bonds is 4. The Morgan fingerprint density at radius 3 is 2.74 bits per heavy atom. The van der Waals surface area contributed by atoms with Gasteiger partial charge >= 0.3 is 0 Å². The van der Waals surface area contributed by atoms with Crippen molar-refractivity contribution in [2.24, 2.45) is 0 Å². The van der Waals surface area contributed by atoms with E-state index in [4.69, 9.17) is 0 Å². The fourth-order valence-corrected chi connectivity index (χ4v) is 5.83. The maximum Gasteiger partial charge on any atom is 0.264 e. The Kier molecular flexibility index (Phi) is 4.69. The van der Waals surface area contributed by atoms with E-state index in [2.05, 4.69) is 5.32 Å². The summed E-state index contributed by atoms with van der Waals surface area (Å²) in [5.74, 6) is 0.252. The summed E-state index contributed by atoms with van der Waals surface area (Å²) in [7, 11) is -3.76.